The van der Waals surface area contributed by atoms with Gasteiger partial charge in [-0.3, -0.25) is 9.40 Å². The van der Waals surface area contributed by atoms with Crippen LogP contribution in [0.5, 0.6) is 0 Å². The monoisotopic (exact) mass is 357 g/mol. The first kappa shape index (κ1) is 16.7. The van der Waals surface area contributed by atoms with E-state index in [1.165, 1.54) is 18.2 Å². The fourth-order valence-electron chi connectivity index (χ4n) is 2.32. The quantitative estimate of drug-likeness (QED) is 0.705. The van der Waals surface area contributed by atoms with Crippen LogP contribution in [-0.2, 0) is 16.6 Å². The van der Waals surface area contributed by atoms with Crippen molar-refractivity contribution < 1.29 is 18.3 Å². The van der Waals surface area contributed by atoms with E-state index < -0.39 is 16.0 Å². The van der Waals surface area contributed by atoms with Gasteiger partial charge in [-0.25, -0.2) is 13.2 Å². The van der Waals surface area contributed by atoms with Gasteiger partial charge in [0, 0.05) is 18.1 Å². The van der Waals surface area contributed by atoms with Crippen molar-refractivity contribution >= 4 is 21.7 Å². The predicted molar refractivity (Wildman–Crippen MR) is 92.0 cm³/mol. The lowest BCUT2D eigenvalue weighted by Gasteiger charge is -2.10. The molecule has 0 saturated carbocycles. The maximum Gasteiger partial charge on any atom is 0.335 e. The molecule has 0 amide bonds. The Labute approximate surface area is 144 Å². The van der Waals surface area contributed by atoms with Crippen molar-refractivity contribution in [3.05, 3.63) is 78.1 Å². The number of hydrogen-bond acceptors (Lipinski definition) is 4. The number of nitrogens with one attached hydrogen (secondary N) is 1. The highest BCUT2D eigenvalue weighted by atomic mass is 32.2. The zero-order chi connectivity index (χ0) is 17.9. The van der Waals surface area contributed by atoms with Gasteiger partial charge in [0.2, 0.25) is 0 Å². The van der Waals surface area contributed by atoms with E-state index in [9.17, 15) is 13.2 Å². The summed E-state index contributed by atoms with van der Waals surface area (Å²) in [5.41, 5.74) is 1.18. The van der Waals surface area contributed by atoms with Crippen molar-refractivity contribution in [2.24, 2.45) is 0 Å². The molecule has 1 aromatic heterocycles. The number of aromatic nitrogens is 2. The second kappa shape index (κ2) is 6.78. The summed E-state index contributed by atoms with van der Waals surface area (Å²) >= 11 is 0. The Morgan fingerprint density at radius 3 is 2.64 bits per heavy atom. The Balaban J connectivity index is 1.83. The van der Waals surface area contributed by atoms with Crippen molar-refractivity contribution in [2.75, 3.05) is 4.72 Å². The van der Waals surface area contributed by atoms with Gasteiger partial charge >= 0.3 is 5.97 Å². The van der Waals surface area contributed by atoms with Crippen LogP contribution in [0.15, 0.2) is 71.9 Å². The number of anilines is 1. The Morgan fingerprint density at radius 2 is 1.92 bits per heavy atom. The smallest absolute Gasteiger partial charge is 0.335 e. The van der Waals surface area contributed by atoms with Crippen LogP contribution in [0.25, 0.3) is 0 Å². The van der Waals surface area contributed by atoms with Gasteiger partial charge in [-0.05, 0) is 42.0 Å². The van der Waals surface area contributed by atoms with Crippen molar-refractivity contribution in [3.63, 3.8) is 0 Å². The molecular formula is C17H15N3O4S. The molecule has 0 radical (unpaired) electrons. The van der Waals surface area contributed by atoms with Crippen LogP contribution in [0, 0.1) is 0 Å². The molecule has 0 aliphatic heterocycles. The number of aromatic carboxylic acids is 1. The van der Waals surface area contributed by atoms with Crippen molar-refractivity contribution in [1.82, 2.24) is 9.78 Å². The van der Waals surface area contributed by atoms with Gasteiger partial charge in [0.05, 0.1) is 17.0 Å². The molecule has 0 bridgehead atoms. The Morgan fingerprint density at radius 1 is 1.12 bits per heavy atom. The van der Waals surface area contributed by atoms with Gasteiger partial charge in [0.25, 0.3) is 10.0 Å². The van der Waals surface area contributed by atoms with E-state index in [4.69, 9.17) is 5.11 Å². The maximum absolute atomic E-state index is 12.5. The molecule has 8 heteroatoms. The third kappa shape index (κ3) is 4.04. The van der Waals surface area contributed by atoms with E-state index in [1.807, 2.05) is 18.3 Å². The molecule has 128 valence electrons. The van der Waals surface area contributed by atoms with Gasteiger partial charge in [0.15, 0.2) is 0 Å². The Kier molecular flexibility index (Phi) is 4.53. The van der Waals surface area contributed by atoms with Crippen LogP contribution in [0.4, 0.5) is 5.69 Å². The highest BCUT2D eigenvalue weighted by Gasteiger charge is 2.16. The lowest BCUT2D eigenvalue weighted by Crippen LogP contribution is -2.14. The normalized spacial score (nSPS) is 11.2. The molecule has 0 aliphatic rings. The van der Waals surface area contributed by atoms with Crippen LogP contribution in [-0.4, -0.2) is 29.3 Å². The predicted octanol–water partition coefficient (Wildman–Crippen LogP) is 2.43. The standard InChI is InChI=1S/C17H15N3O4S/c21-17(22)14-5-2-7-16(11-14)25(23,24)19-15-6-1-4-13(10-15)12-20-9-3-8-18-20/h1-11,19H,12H2,(H,21,22). The first-order valence-electron chi connectivity index (χ1n) is 7.36. The van der Waals surface area contributed by atoms with Gasteiger partial charge in [-0.2, -0.15) is 5.10 Å². The minimum absolute atomic E-state index is 0.0877. The molecular weight excluding hydrogens is 342 g/mol. The van der Waals surface area contributed by atoms with Gasteiger partial charge < -0.3 is 5.11 Å². The van der Waals surface area contributed by atoms with Crippen LogP contribution in [0.1, 0.15) is 15.9 Å². The largest absolute Gasteiger partial charge is 0.478 e. The van der Waals surface area contributed by atoms with Gasteiger partial charge in [-0.15, -0.1) is 0 Å². The molecule has 0 fully saturated rings. The average molecular weight is 357 g/mol. The highest BCUT2D eigenvalue weighted by molar-refractivity contribution is 7.92. The lowest BCUT2D eigenvalue weighted by atomic mass is 10.2. The van der Waals surface area contributed by atoms with Crippen molar-refractivity contribution in [1.29, 1.82) is 0 Å². The average Bonchev–Trinajstić information content (AvgIpc) is 3.08. The van der Waals surface area contributed by atoms with E-state index in [0.717, 1.165) is 11.6 Å². The number of carbonyl (C=O) groups is 1. The minimum atomic E-state index is -3.88. The number of carboxylic acids is 1. The summed E-state index contributed by atoms with van der Waals surface area (Å²) in [5, 5.41) is 13.1. The van der Waals surface area contributed by atoms with Crippen LogP contribution >= 0.6 is 0 Å². The Bertz CT molecular complexity index is 998. The molecule has 1 heterocycles. The highest BCUT2D eigenvalue weighted by Crippen LogP contribution is 2.18. The first-order chi connectivity index (χ1) is 11.9. The molecule has 0 saturated heterocycles. The molecule has 2 N–H and O–H groups in total. The molecule has 3 aromatic rings. The third-order valence-electron chi connectivity index (χ3n) is 3.47. The third-order valence-corrected chi connectivity index (χ3v) is 4.85. The number of carboxylic acid groups (broad SMARTS) is 1. The topological polar surface area (TPSA) is 101 Å². The zero-order valence-electron chi connectivity index (χ0n) is 13.0. The van der Waals surface area contributed by atoms with Crippen LogP contribution in [0.2, 0.25) is 0 Å². The van der Waals surface area contributed by atoms with Crippen molar-refractivity contribution in [2.45, 2.75) is 11.4 Å². The van der Waals surface area contributed by atoms with E-state index in [0.29, 0.717) is 12.2 Å². The summed E-state index contributed by atoms with van der Waals surface area (Å²) in [6.07, 6.45) is 3.48. The lowest BCUT2D eigenvalue weighted by molar-refractivity contribution is 0.0696. The molecule has 7 nitrogen and oxygen atoms in total. The molecule has 0 spiro atoms. The second-order valence-electron chi connectivity index (χ2n) is 5.34. The summed E-state index contributed by atoms with van der Waals surface area (Å²) in [5.74, 6) is -1.18. The van der Waals surface area contributed by atoms with E-state index in [-0.39, 0.29) is 10.5 Å². The number of benzene rings is 2. The van der Waals surface area contributed by atoms with E-state index in [1.54, 1.807) is 29.1 Å². The van der Waals surface area contributed by atoms with Gasteiger partial charge in [-0.1, -0.05) is 18.2 Å². The van der Waals surface area contributed by atoms with Crippen molar-refractivity contribution in [3.8, 4) is 0 Å². The maximum atomic E-state index is 12.5. The molecule has 2 aromatic carbocycles. The molecule has 0 aliphatic carbocycles. The summed E-state index contributed by atoms with van der Waals surface area (Å²) in [7, 11) is -3.88. The summed E-state index contributed by atoms with van der Waals surface area (Å²) in [6.45, 7) is 0.511. The minimum Gasteiger partial charge on any atom is -0.478 e. The molecule has 0 atom stereocenters. The summed E-state index contributed by atoms with van der Waals surface area (Å²) in [4.78, 5) is 10.9. The van der Waals surface area contributed by atoms with E-state index in [2.05, 4.69) is 9.82 Å². The number of hydrogen-bond donors (Lipinski definition) is 2. The van der Waals surface area contributed by atoms with E-state index >= 15 is 0 Å². The first-order valence-corrected chi connectivity index (χ1v) is 8.85. The fourth-order valence-corrected chi connectivity index (χ4v) is 3.42. The number of sulfonamides is 1. The molecule has 25 heavy (non-hydrogen) atoms. The molecule has 3 rings (SSSR count). The zero-order valence-corrected chi connectivity index (χ0v) is 13.8. The number of rotatable bonds is 6. The second-order valence-corrected chi connectivity index (χ2v) is 7.02. The van der Waals surface area contributed by atoms with Crippen LogP contribution < -0.4 is 4.72 Å². The molecule has 0 unspecified atom stereocenters. The van der Waals surface area contributed by atoms with Crippen LogP contribution in [0.3, 0.4) is 0 Å². The summed E-state index contributed by atoms with van der Waals surface area (Å²) < 4.78 is 29.2. The fraction of sp³-hybridized carbons (Fsp3) is 0.0588. The SMILES string of the molecule is O=C(O)c1cccc(S(=O)(=O)Nc2cccc(Cn3cccn3)c2)c1. The Hall–Kier alpha value is -3.13. The number of nitrogens with zero attached hydrogens (tertiary/aromatic N) is 2. The van der Waals surface area contributed by atoms with Gasteiger partial charge in [0.1, 0.15) is 0 Å². The summed E-state index contributed by atoms with van der Waals surface area (Å²) in [6, 6.07) is 14.0.